The van der Waals surface area contributed by atoms with Crippen molar-refractivity contribution < 1.29 is 14.9 Å². The first kappa shape index (κ1) is 21.2. The Hall–Kier alpha value is -1.88. The van der Waals surface area contributed by atoms with Crippen molar-refractivity contribution in [3.05, 3.63) is 35.4 Å². The molecule has 0 spiro atoms. The van der Waals surface area contributed by atoms with E-state index in [-0.39, 0.29) is 30.0 Å². The summed E-state index contributed by atoms with van der Waals surface area (Å²) in [6.45, 7) is 14.8. The van der Waals surface area contributed by atoms with Crippen molar-refractivity contribution in [3.8, 4) is 0 Å². The third-order valence-corrected chi connectivity index (χ3v) is 4.11. The van der Waals surface area contributed by atoms with Crippen molar-refractivity contribution in [1.82, 2.24) is 10.6 Å². The van der Waals surface area contributed by atoms with Gasteiger partial charge in [0.05, 0.1) is 0 Å². The Morgan fingerprint density at radius 1 is 1.04 bits per heavy atom. The van der Waals surface area contributed by atoms with Crippen molar-refractivity contribution in [3.63, 3.8) is 0 Å². The Balaban J connectivity index is 2.69. The van der Waals surface area contributed by atoms with E-state index < -0.39 is 6.03 Å². The van der Waals surface area contributed by atoms with Crippen molar-refractivity contribution in [1.29, 1.82) is 0 Å². The van der Waals surface area contributed by atoms with E-state index >= 15 is 0 Å². The van der Waals surface area contributed by atoms with E-state index in [1.807, 2.05) is 19.2 Å². The number of nitrogens with two attached hydrogens (primary N) is 1. The molecule has 0 bridgehead atoms. The minimum Gasteiger partial charge on any atom is -0.336 e. The summed E-state index contributed by atoms with van der Waals surface area (Å²) in [5.41, 5.74) is 2.61. The van der Waals surface area contributed by atoms with Crippen LogP contribution < -0.4 is 16.0 Å². The van der Waals surface area contributed by atoms with Crippen LogP contribution in [0.1, 0.15) is 65.6 Å². The number of rotatable bonds is 6. The first-order valence-electron chi connectivity index (χ1n) is 9.04. The predicted molar refractivity (Wildman–Crippen MR) is 101 cm³/mol. The smallest absolute Gasteiger partial charge is 0.321 e. The predicted octanol–water partition coefficient (Wildman–Crippen LogP) is 2.48. The number of hydrogen-bond donors (Lipinski definition) is 3. The maximum atomic E-state index is 12.0. The van der Waals surface area contributed by atoms with Crippen molar-refractivity contribution in [2.45, 2.75) is 66.0 Å². The summed E-state index contributed by atoms with van der Waals surface area (Å²) in [4.78, 5) is 23.6. The lowest BCUT2D eigenvalue weighted by atomic mass is 9.85. The first-order valence-corrected chi connectivity index (χ1v) is 9.04. The number of amides is 3. The van der Waals surface area contributed by atoms with Crippen LogP contribution in [0.15, 0.2) is 24.3 Å². The number of carbonyl (C=O) groups excluding carboxylic acids is 2. The lowest BCUT2D eigenvalue weighted by molar-refractivity contribution is -0.692. The van der Waals surface area contributed by atoms with Gasteiger partial charge in [-0.3, -0.25) is 10.1 Å². The number of urea groups is 1. The average Bonchev–Trinajstić information content (AvgIpc) is 2.45. The van der Waals surface area contributed by atoms with E-state index in [1.54, 1.807) is 0 Å². The molecular formula is C20H34N3O2+. The Kier molecular flexibility index (Phi) is 7.61. The molecular weight excluding hydrogens is 314 g/mol. The first-order chi connectivity index (χ1) is 11.5. The van der Waals surface area contributed by atoms with Gasteiger partial charge in [0.2, 0.25) is 0 Å². The van der Waals surface area contributed by atoms with Crippen LogP contribution in [-0.2, 0) is 10.2 Å². The van der Waals surface area contributed by atoms with Crippen LogP contribution in [-0.4, -0.2) is 24.5 Å². The highest BCUT2D eigenvalue weighted by atomic mass is 16.2. The van der Waals surface area contributed by atoms with Gasteiger partial charge in [0.25, 0.3) is 5.91 Å². The maximum absolute atomic E-state index is 12.0. The Morgan fingerprint density at radius 2 is 1.60 bits per heavy atom. The second-order valence-electron chi connectivity index (χ2n) is 8.26. The lowest BCUT2D eigenvalue weighted by Crippen LogP contribution is -2.88. The highest BCUT2D eigenvalue weighted by molar-refractivity contribution is 5.94. The van der Waals surface area contributed by atoms with Crippen LogP contribution in [0.25, 0.3) is 0 Å². The minimum atomic E-state index is -0.441. The number of quaternary nitrogens is 1. The Bertz CT molecular complexity index is 572. The molecule has 0 aliphatic heterocycles. The molecule has 0 saturated heterocycles. The standard InChI is InChI=1S/C20H33N3O2/c1-13(2)18(15-8-10-16(11-9-15)20(5,6)7)21-12-17(24)23-19(25)22-14(3)4/h8-11,13-14,18,21H,12H2,1-7H3,(H2,22,23,24,25)/p+1/t18-/m0/s1. The molecule has 0 heterocycles. The van der Waals surface area contributed by atoms with E-state index in [1.165, 1.54) is 11.1 Å². The molecule has 0 aromatic heterocycles. The highest BCUT2D eigenvalue weighted by Gasteiger charge is 2.22. The third kappa shape index (κ3) is 7.26. The Morgan fingerprint density at radius 3 is 2.04 bits per heavy atom. The molecule has 5 nitrogen and oxygen atoms in total. The number of hydrogen-bond acceptors (Lipinski definition) is 2. The molecule has 140 valence electrons. The summed E-state index contributed by atoms with van der Waals surface area (Å²) in [6.07, 6.45) is 0. The van der Waals surface area contributed by atoms with E-state index in [0.717, 1.165) is 0 Å². The fraction of sp³-hybridized carbons (Fsp3) is 0.600. The van der Waals surface area contributed by atoms with Gasteiger partial charge in [0, 0.05) is 17.5 Å². The van der Waals surface area contributed by atoms with Crippen molar-refractivity contribution in [2.24, 2.45) is 5.92 Å². The van der Waals surface area contributed by atoms with Crippen molar-refractivity contribution >= 4 is 11.9 Å². The summed E-state index contributed by atoms with van der Waals surface area (Å²) < 4.78 is 0. The quantitative estimate of drug-likeness (QED) is 0.739. The molecule has 0 fully saturated rings. The zero-order chi connectivity index (χ0) is 19.2. The highest BCUT2D eigenvalue weighted by Crippen LogP contribution is 2.25. The molecule has 5 heteroatoms. The monoisotopic (exact) mass is 348 g/mol. The second-order valence-corrected chi connectivity index (χ2v) is 8.26. The molecule has 0 unspecified atom stereocenters. The summed E-state index contributed by atoms with van der Waals surface area (Å²) in [7, 11) is 0. The molecule has 1 aromatic rings. The summed E-state index contributed by atoms with van der Waals surface area (Å²) in [5.74, 6) is 0.0906. The molecule has 0 aliphatic rings. The fourth-order valence-corrected chi connectivity index (χ4v) is 2.71. The topological polar surface area (TPSA) is 74.8 Å². The summed E-state index contributed by atoms with van der Waals surface area (Å²) >= 11 is 0. The normalized spacial score (nSPS) is 13.0. The van der Waals surface area contributed by atoms with Crippen LogP contribution in [0.4, 0.5) is 4.79 Å². The molecule has 1 atom stereocenters. The summed E-state index contributed by atoms with van der Waals surface area (Å²) in [6, 6.07) is 8.35. The van der Waals surface area contributed by atoms with Gasteiger partial charge in [-0.2, -0.15) is 0 Å². The molecule has 1 aromatic carbocycles. The SMILES string of the molecule is CC(C)NC(=O)NC(=O)C[NH2+][C@H](c1ccc(C(C)(C)C)cc1)C(C)C. The minimum absolute atomic E-state index is 0.00141. The largest absolute Gasteiger partial charge is 0.336 e. The number of carbonyl (C=O) groups is 2. The van der Waals surface area contributed by atoms with E-state index in [2.05, 4.69) is 69.5 Å². The molecule has 1 rings (SSSR count). The maximum Gasteiger partial charge on any atom is 0.321 e. The Labute approximate surface area is 152 Å². The van der Waals surface area contributed by atoms with Gasteiger partial charge in [-0.05, 0) is 24.8 Å². The zero-order valence-electron chi connectivity index (χ0n) is 16.6. The molecule has 0 aliphatic carbocycles. The second kappa shape index (κ2) is 8.99. The van der Waals surface area contributed by atoms with Crippen LogP contribution in [0.2, 0.25) is 0 Å². The van der Waals surface area contributed by atoms with E-state index in [0.29, 0.717) is 5.92 Å². The van der Waals surface area contributed by atoms with Gasteiger partial charge in [0.15, 0.2) is 6.54 Å². The van der Waals surface area contributed by atoms with Crippen LogP contribution in [0.5, 0.6) is 0 Å². The van der Waals surface area contributed by atoms with Gasteiger partial charge in [-0.25, -0.2) is 4.79 Å². The molecule has 4 N–H and O–H groups in total. The number of imide groups is 1. The lowest BCUT2D eigenvalue weighted by Gasteiger charge is -2.22. The van der Waals surface area contributed by atoms with Crippen LogP contribution in [0, 0.1) is 5.92 Å². The van der Waals surface area contributed by atoms with Gasteiger partial charge in [0.1, 0.15) is 6.04 Å². The van der Waals surface area contributed by atoms with Gasteiger partial charge >= 0.3 is 6.03 Å². The van der Waals surface area contributed by atoms with Crippen LogP contribution in [0.3, 0.4) is 0 Å². The number of benzene rings is 1. The molecule has 0 saturated carbocycles. The van der Waals surface area contributed by atoms with E-state index in [4.69, 9.17) is 0 Å². The number of nitrogens with one attached hydrogen (secondary N) is 2. The molecule has 3 amide bonds. The zero-order valence-corrected chi connectivity index (χ0v) is 16.6. The van der Waals surface area contributed by atoms with Gasteiger partial charge < -0.3 is 10.6 Å². The van der Waals surface area contributed by atoms with E-state index in [9.17, 15) is 9.59 Å². The average molecular weight is 349 g/mol. The molecule has 25 heavy (non-hydrogen) atoms. The molecule has 0 radical (unpaired) electrons. The fourth-order valence-electron chi connectivity index (χ4n) is 2.71. The summed E-state index contributed by atoms with van der Waals surface area (Å²) in [5, 5.41) is 7.01. The van der Waals surface area contributed by atoms with Crippen LogP contribution >= 0.6 is 0 Å². The van der Waals surface area contributed by atoms with Crippen molar-refractivity contribution in [2.75, 3.05) is 6.54 Å². The van der Waals surface area contributed by atoms with Gasteiger partial charge in [-0.15, -0.1) is 0 Å². The third-order valence-electron chi connectivity index (χ3n) is 4.11. The van der Waals surface area contributed by atoms with Gasteiger partial charge in [-0.1, -0.05) is 58.9 Å².